The van der Waals surface area contributed by atoms with Gasteiger partial charge in [0.1, 0.15) is 5.82 Å². The first-order valence-corrected chi connectivity index (χ1v) is 4.45. The quantitative estimate of drug-likeness (QED) is 0.724. The summed E-state index contributed by atoms with van der Waals surface area (Å²) in [5.74, 6) is -0.204. The maximum Gasteiger partial charge on any atom is 0.123 e. The van der Waals surface area contributed by atoms with Crippen molar-refractivity contribution in [3.63, 3.8) is 0 Å². The van der Waals surface area contributed by atoms with E-state index in [0.717, 1.165) is 17.5 Å². The van der Waals surface area contributed by atoms with Crippen molar-refractivity contribution in [2.45, 2.75) is 12.8 Å². The zero-order valence-corrected chi connectivity index (χ0v) is 7.59. The van der Waals surface area contributed by atoms with E-state index < -0.39 is 0 Å². The number of hydrogen-bond acceptors (Lipinski definition) is 2. The first-order chi connectivity index (χ1) is 6.27. The van der Waals surface area contributed by atoms with E-state index in [1.54, 1.807) is 6.07 Å². The monoisotopic (exact) mass is 182 g/mol. The molecule has 0 aromatic heterocycles. The number of hydrogen-bond donors (Lipinski definition) is 2. The standard InChI is InChI=1S/C10H15FN2/c11-10-2-1-8(3-5-12)9(7-10)4-6-13/h1-2,7H,3-6,12-13H2. The number of rotatable bonds is 4. The minimum absolute atomic E-state index is 0.204. The molecule has 0 radical (unpaired) electrons. The van der Waals surface area contributed by atoms with Crippen LogP contribution in [0.4, 0.5) is 4.39 Å². The van der Waals surface area contributed by atoms with E-state index in [1.165, 1.54) is 12.1 Å². The van der Waals surface area contributed by atoms with Crippen molar-refractivity contribution in [1.82, 2.24) is 0 Å². The third-order valence-electron chi connectivity index (χ3n) is 2.00. The Kier molecular flexibility index (Phi) is 3.86. The third kappa shape index (κ3) is 2.79. The topological polar surface area (TPSA) is 52.0 Å². The minimum atomic E-state index is -0.204. The highest BCUT2D eigenvalue weighted by Crippen LogP contribution is 2.12. The molecule has 1 aromatic carbocycles. The highest BCUT2D eigenvalue weighted by Gasteiger charge is 2.02. The fourth-order valence-corrected chi connectivity index (χ4v) is 1.38. The molecule has 1 aromatic rings. The molecule has 1 rings (SSSR count). The van der Waals surface area contributed by atoms with Gasteiger partial charge >= 0.3 is 0 Å². The van der Waals surface area contributed by atoms with Crippen molar-refractivity contribution in [2.75, 3.05) is 13.1 Å². The van der Waals surface area contributed by atoms with Gasteiger partial charge in [-0.1, -0.05) is 6.07 Å². The molecular formula is C10H15FN2. The van der Waals surface area contributed by atoms with Crippen LogP contribution in [0, 0.1) is 5.82 Å². The zero-order valence-electron chi connectivity index (χ0n) is 7.59. The molecule has 0 aliphatic carbocycles. The van der Waals surface area contributed by atoms with Gasteiger partial charge in [-0.2, -0.15) is 0 Å². The Morgan fingerprint density at radius 3 is 2.23 bits per heavy atom. The lowest BCUT2D eigenvalue weighted by Crippen LogP contribution is -2.09. The van der Waals surface area contributed by atoms with Crippen molar-refractivity contribution >= 4 is 0 Å². The molecular weight excluding hydrogens is 167 g/mol. The van der Waals surface area contributed by atoms with Crippen molar-refractivity contribution in [3.05, 3.63) is 35.1 Å². The Morgan fingerprint density at radius 1 is 1.00 bits per heavy atom. The van der Waals surface area contributed by atoms with Crippen molar-refractivity contribution in [2.24, 2.45) is 11.5 Å². The molecule has 0 spiro atoms. The van der Waals surface area contributed by atoms with Crippen molar-refractivity contribution in [1.29, 1.82) is 0 Å². The summed E-state index contributed by atoms with van der Waals surface area (Å²) in [4.78, 5) is 0. The van der Waals surface area contributed by atoms with Gasteiger partial charge in [0.25, 0.3) is 0 Å². The summed E-state index contributed by atoms with van der Waals surface area (Å²) in [6, 6.07) is 4.79. The summed E-state index contributed by atoms with van der Waals surface area (Å²) in [6.45, 7) is 1.13. The summed E-state index contributed by atoms with van der Waals surface area (Å²) >= 11 is 0. The van der Waals surface area contributed by atoms with Crippen LogP contribution in [0.25, 0.3) is 0 Å². The van der Waals surface area contributed by atoms with Gasteiger partial charge in [-0.3, -0.25) is 0 Å². The molecule has 0 heterocycles. The molecule has 72 valence electrons. The van der Waals surface area contributed by atoms with Crippen LogP contribution in [-0.2, 0) is 12.8 Å². The first-order valence-electron chi connectivity index (χ1n) is 4.45. The number of benzene rings is 1. The summed E-state index contributed by atoms with van der Waals surface area (Å²) in [5, 5.41) is 0. The van der Waals surface area contributed by atoms with Crippen LogP contribution in [0.15, 0.2) is 18.2 Å². The van der Waals surface area contributed by atoms with E-state index in [-0.39, 0.29) is 5.82 Å². The average molecular weight is 182 g/mol. The molecule has 4 N–H and O–H groups in total. The molecule has 0 fully saturated rings. The lowest BCUT2D eigenvalue weighted by Gasteiger charge is -2.07. The normalized spacial score (nSPS) is 10.4. The Balaban J connectivity index is 2.89. The van der Waals surface area contributed by atoms with Gasteiger partial charge in [-0.05, 0) is 49.2 Å². The van der Waals surface area contributed by atoms with Gasteiger partial charge in [-0.25, -0.2) is 4.39 Å². The molecule has 0 amide bonds. The largest absolute Gasteiger partial charge is 0.330 e. The van der Waals surface area contributed by atoms with E-state index in [4.69, 9.17) is 11.5 Å². The van der Waals surface area contributed by atoms with Gasteiger partial charge in [0, 0.05) is 0 Å². The van der Waals surface area contributed by atoms with Crippen LogP contribution in [-0.4, -0.2) is 13.1 Å². The molecule has 0 unspecified atom stereocenters. The highest BCUT2D eigenvalue weighted by atomic mass is 19.1. The third-order valence-corrected chi connectivity index (χ3v) is 2.00. The van der Waals surface area contributed by atoms with Crippen LogP contribution in [0.5, 0.6) is 0 Å². The average Bonchev–Trinajstić information content (AvgIpc) is 2.10. The molecule has 0 saturated heterocycles. The molecule has 2 nitrogen and oxygen atoms in total. The minimum Gasteiger partial charge on any atom is -0.330 e. The van der Waals surface area contributed by atoms with E-state index >= 15 is 0 Å². The zero-order chi connectivity index (χ0) is 9.68. The Morgan fingerprint density at radius 2 is 1.62 bits per heavy atom. The van der Waals surface area contributed by atoms with Gasteiger partial charge in [0.05, 0.1) is 0 Å². The molecule has 3 heteroatoms. The van der Waals surface area contributed by atoms with Crippen LogP contribution in [0.3, 0.4) is 0 Å². The SMILES string of the molecule is NCCc1ccc(F)cc1CCN. The highest BCUT2D eigenvalue weighted by molar-refractivity contribution is 5.28. The second kappa shape index (κ2) is 4.94. The second-order valence-electron chi connectivity index (χ2n) is 2.99. The van der Waals surface area contributed by atoms with Crippen LogP contribution in [0.2, 0.25) is 0 Å². The van der Waals surface area contributed by atoms with Crippen LogP contribution in [0.1, 0.15) is 11.1 Å². The molecule has 0 saturated carbocycles. The fraction of sp³-hybridized carbons (Fsp3) is 0.400. The summed E-state index contributed by atoms with van der Waals surface area (Å²) in [7, 11) is 0. The van der Waals surface area contributed by atoms with Gasteiger partial charge in [-0.15, -0.1) is 0 Å². The van der Waals surface area contributed by atoms with Crippen LogP contribution >= 0.6 is 0 Å². The smallest absolute Gasteiger partial charge is 0.123 e. The molecule has 0 aliphatic heterocycles. The summed E-state index contributed by atoms with van der Waals surface area (Å²) in [6.07, 6.45) is 1.50. The van der Waals surface area contributed by atoms with E-state index in [1.807, 2.05) is 0 Å². The molecule has 0 bridgehead atoms. The number of nitrogens with two attached hydrogens (primary N) is 2. The van der Waals surface area contributed by atoms with Gasteiger partial charge in [0.15, 0.2) is 0 Å². The predicted molar refractivity (Wildman–Crippen MR) is 51.9 cm³/mol. The maximum atomic E-state index is 12.8. The fourth-order valence-electron chi connectivity index (χ4n) is 1.38. The Bertz CT molecular complexity index is 274. The van der Waals surface area contributed by atoms with Gasteiger partial charge in [0.2, 0.25) is 0 Å². The molecule has 13 heavy (non-hydrogen) atoms. The summed E-state index contributed by atoms with van der Waals surface area (Å²) in [5.41, 5.74) is 12.9. The van der Waals surface area contributed by atoms with E-state index in [0.29, 0.717) is 19.5 Å². The second-order valence-corrected chi connectivity index (χ2v) is 2.99. The van der Waals surface area contributed by atoms with E-state index in [9.17, 15) is 4.39 Å². The van der Waals surface area contributed by atoms with Gasteiger partial charge < -0.3 is 11.5 Å². The Hall–Kier alpha value is -0.930. The predicted octanol–water partition coefficient (Wildman–Crippen LogP) is 0.828. The maximum absolute atomic E-state index is 12.8. The van der Waals surface area contributed by atoms with E-state index in [2.05, 4.69) is 0 Å². The molecule has 0 aliphatic rings. The van der Waals surface area contributed by atoms with Crippen molar-refractivity contribution < 1.29 is 4.39 Å². The lowest BCUT2D eigenvalue weighted by atomic mass is 10.0. The first kappa shape index (κ1) is 10.2. The lowest BCUT2D eigenvalue weighted by molar-refractivity contribution is 0.624. The van der Waals surface area contributed by atoms with Crippen molar-refractivity contribution in [3.8, 4) is 0 Å². The van der Waals surface area contributed by atoms with Crippen LogP contribution < -0.4 is 11.5 Å². The summed E-state index contributed by atoms with van der Waals surface area (Å²) < 4.78 is 12.8. The number of halogens is 1. The Labute approximate surface area is 77.7 Å². The molecule has 0 atom stereocenters.